The molecule has 3 rings (SSSR count). The van der Waals surface area contributed by atoms with E-state index in [1.807, 2.05) is 0 Å². The second-order valence-corrected chi connectivity index (χ2v) is 9.98. The van der Waals surface area contributed by atoms with Gasteiger partial charge in [0.25, 0.3) is 10.0 Å². The van der Waals surface area contributed by atoms with Crippen molar-refractivity contribution in [2.24, 2.45) is 0 Å². The summed E-state index contributed by atoms with van der Waals surface area (Å²) < 4.78 is 62.4. The number of aromatic nitrogens is 1. The highest BCUT2D eigenvalue weighted by Gasteiger charge is 2.22. The minimum absolute atomic E-state index is 0.0139. The van der Waals surface area contributed by atoms with Gasteiger partial charge in [0.2, 0.25) is 10.0 Å². The van der Waals surface area contributed by atoms with Crippen molar-refractivity contribution in [1.29, 1.82) is 0 Å². The summed E-state index contributed by atoms with van der Waals surface area (Å²) in [7, 11) is -7.56. The van der Waals surface area contributed by atoms with Crippen LogP contribution in [0.4, 0.5) is 5.82 Å². The summed E-state index contributed by atoms with van der Waals surface area (Å²) in [4.78, 5) is 6.22. The SMILES string of the molecule is CCN(CC)S(=O)(=O)c1ccc(NNS(=O)(=O)c2ccc3c(c2)OCCCO3)nc1. The zero-order valence-electron chi connectivity index (χ0n) is 16.7. The number of hydrogen-bond donors (Lipinski definition) is 2. The van der Waals surface area contributed by atoms with Gasteiger partial charge in [0.05, 0.1) is 18.1 Å². The Morgan fingerprint density at radius 2 is 1.63 bits per heavy atom. The number of benzene rings is 1. The van der Waals surface area contributed by atoms with Crippen molar-refractivity contribution < 1.29 is 26.3 Å². The van der Waals surface area contributed by atoms with Crippen LogP contribution in [0.25, 0.3) is 0 Å². The molecule has 10 nitrogen and oxygen atoms in total. The molecule has 0 amide bonds. The van der Waals surface area contributed by atoms with E-state index in [1.54, 1.807) is 19.9 Å². The van der Waals surface area contributed by atoms with Gasteiger partial charge in [-0.05, 0) is 24.3 Å². The van der Waals surface area contributed by atoms with Gasteiger partial charge in [-0.15, -0.1) is 4.83 Å². The van der Waals surface area contributed by atoms with Crippen molar-refractivity contribution >= 4 is 25.9 Å². The lowest BCUT2D eigenvalue weighted by Crippen LogP contribution is -2.31. The largest absolute Gasteiger partial charge is 0.490 e. The Morgan fingerprint density at radius 3 is 2.27 bits per heavy atom. The molecule has 0 unspecified atom stereocenters. The van der Waals surface area contributed by atoms with E-state index >= 15 is 0 Å². The lowest BCUT2D eigenvalue weighted by molar-refractivity contribution is 0.297. The molecule has 2 N–H and O–H groups in total. The van der Waals surface area contributed by atoms with Crippen molar-refractivity contribution in [2.75, 3.05) is 31.7 Å². The van der Waals surface area contributed by atoms with Crippen LogP contribution >= 0.6 is 0 Å². The molecule has 0 radical (unpaired) electrons. The van der Waals surface area contributed by atoms with Crippen molar-refractivity contribution in [3.8, 4) is 11.5 Å². The van der Waals surface area contributed by atoms with Crippen molar-refractivity contribution in [3.63, 3.8) is 0 Å². The summed E-state index contributed by atoms with van der Waals surface area (Å²) in [5.74, 6) is 0.997. The summed E-state index contributed by atoms with van der Waals surface area (Å²) in [6.45, 7) is 5.12. The average molecular weight is 457 g/mol. The molecular formula is C18H24N4O6S2. The highest BCUT2D eigenvalue weighted by atomic mass is 32.2. The van der Waals surface area contributed by atoms with Gasteiger partial charge in [-0.25, -0.2) is 21.8 Å². The Kier molecular flexibility index (Phi) is 6.81. The van der Waals surface area contributed by atoms with Gasteiger partial charge in [-0.3, -0.25) is 5.43 Å². The molecule has 0 bridgehead atoms. The lowest BCUT2D eigenvalue weighted by Gasteiger charge is -2.18. The summed E-state index contributed by atoms with van der Waals surface area (Å²) in [6.07, 6.45) is 1.89. The molecule has 1 aromatic heterocycles. The van der Waals surface area contributed by atoms with Crippen molar-refractivity contribution in [1.82, 2.24) is 14.1 Å². The second kappa shape index (κ2) is 9.16. The minimum Gasteiger partial charge on any atom is -0.490 e. The predicted octanol–water partition coefficient (Wildman–Crippen LogP) is 1.58. The van der Waals surface area contributed by atoms with Crippen molar-refractivity contribution in [3.05, 3.63) is 36.5 Å². The fourth-order valence-electron chi connectivity index (χ4n) is 2.81. The first-order chi connectivity index (χ1) is 14.3. The van der Waals surface area contributed by atoms with Crippen LogP contribution in [0.15, 0.2) is 46.3 Å². The predicted molar refractivity (Wildman–Crippen MR) is 110 cm³/mol. The van der Waals surface area contributed by atoms with E-state index in [4.69, 9.17) is 9.47 Å². The van der Waals surface area contributed by atoms with E-state index in [2.05, 4.69) is 15.2 Å². The Labute approximate surface area is 176 Å². The molecule has 0 saturated heterocycles. The van der Waals surface area contributed by atoms with E-state index in [-0.39, 0.29) is 15.6 Å². The maximum absolute atomic E-state index is 12.6. The number of ether oxygens (including phenoxy) is 2. The normalized spacial score (nSPS) is 14.4. The minimum atomic E-state index is -3.93. The number of nitrogens with zero attached hydrogens (tertiary/aromatic N) is 2. The Hall–Kier alpha value is -2.41. The summed E-state index contributed by atoms with van der Waals surface area (Å²) >= 11 is 0. The van der Waals surface area contributed by atoms with Gasteiger partial charge in [0, 0.05) is 31.8 Å². The molecule has 1 aliphatic rings. The molecule has 164 valence electrons. The van der Waals surface area contributed by atoms with E-state index in [1.165, 1.54) is 34.8 Å². The zero-order valence-corrected chi connectivity index (χ0v) is 18.3. The Bertz CT molecular complexity index is 1080. The molecule has 0 aliphatic carbocycles. The molecule has 0 fully saturated rings. The molecule has 2 heterocycles. The molecular weight excluding hydrogens is 432 g/mol. The number of rotatable bonds is 8. The standard InChI is InChI=1S/C18H24N4O6S2/c1-3-22(4-2)30(25,26)15-7-9-18(19-13-15)20-21-29(23,24)14-6-8-16-17(12-14)28-11-5-10-27-16/h6-9,12-13,21H,3-5,10-11H2,1-2H3,(H,19,20). The molecule has 2 aromatic rings. The van der Waals surface area contributed by atoms with Gasteiger partial charge in [0.1, 0.15) is 10.7 Å². The highest BCUT2D eigenvalue weighted by molar-refractivity contribution is 7.89. The third-order valence-electron chi connectivity index (χ3n) is 4.42. The number of sulfonamides is 2. The zero-order chi connectivity index (χ0) is 21.8. The third-order valence-corrected chi connectivity index (χ3v) is 7.70. The molecule has 0 saturated carbocycles. The Balaban J connectivity index is 1.71. The molecule has 1 aliphatic heterocycles. The van der Waals surface area contributed by atoms with Crippen LogP contribution in [0.2, 0.25) is 0 Å². The van der Waals surface area contributed by atoms with Gasteiger partial charge < -0.3 is 9.47 Å². The summed E-state index contributed by atoms with van der Waals surface area (Å²) in [5.41, 5.74) is 2.48. The fourth-order valence-corrected chi connectivity index (χ4v) is 5.08. The van der Waals surface area contributed by atoms with Crippen LogP contribution in [0.3, 0.4) is 0 Å². The number of fused-ring (bicyclic) bond motifs is 1. The lowest BCUT2D eigenvalue weighted by atomic mass is 10.3. The highest BCUT2D eigenvalue weighted by Crippen LogP contribution is 2.31. The van der Waals surface area contributed by atoms with E-state index in [0.29, 0.717) is 44.2 Å². The topological polar surface area (TPSA) is 127 Å². The van der Waals surface area contributed by atoms with E-state index in [9.17, 15) is 16.8 Å². The van der Waals surface area contributed by atoms with Crippen LogP contribution < -0.4 is 19.7 Å². The summed E-state index contributed by atoms with van der Waals surface area (Å²) in [5, 5.41) is 0. The second-order valence-electron chi connectivity index (χ2n) is 6.36. The molecule has 1 aromatic carbocycles. The number of hydrazine groups is 1. The molecule has 12 heteroatoms. The fraction of sp³-hybridized carbons (Fsp3) is 0.389. The Morgan fingerprint density at radius 1 is 0.967 bits per heavy atom. The van der Waals surface area contributed by atoms with E-state index in [0.717, 1.165) is 0 Å². The molecule has 0 spiro atoms. The first-order valence-corrected chi connectivity index (χ1v) is 12.3. The maximum Gasteiger partial charge on any atom is 0.257 e. The monoisotopic (exact) mass is 456 g/mol. The summed E-state index contributed by atoms with van der Waals surface area (Å²) in [6, 6.07) is 7.08. The molecule has 0 atom stereocenters. The molecule has 30 heavy (non-hydrogen) atoms. The number of pyridine rings is 1. The average Bonchev–Trinajstić information content (AvgIpc) is 2.98. The van der Waals surface area contributed by atoms with Crippen molar-refractivity contribution in [2.45, 2.75) is 30.1 Å². The van der Waals surface area contributed by atoms with E-state index < -0.39 is 20.0 Å². The van der Waals surface area contributed by atoms with Crippen LogP contribution in [-0.4, -0.2) is 52.4 Å². The van der Waals surface area contributed by atoms with Gasteiger partial charge in [0.15, 0.2) is 11.5 Å². The quantitative estimate of drug-likeness (QED) is 0.573. The first-order valence-electron chi connectivity index (χ1n) is 9.41. The van der Waals surface area contributed by atoms with Crippen LogP contribution in [0, 0.1) is 0 Å². The number of anilines is 1. The van der Waals surface area contributed by atoms with Crippen LogP contribution in [-0.2, 0) is 20.0 Å². The first kappa shape index (κ1) is 22.3. The van der Waals surface area contributed by atoms with Gasteiger partial charge in [-0.1, -0.05) is 13.8 Å². The maximum atomic E-state index is 12.6. The van der Waals surface area contributed by atoms with Gasteiger partial charge in [-0.2, -0.15) is 4.31 Å². The van der Waals surface area contributed by atoms with Gasteiger partial charge >= 0.3 is 0 Å². The number of hydrogen-bond acceptors (Lipinski definition) is 8. The number of nitrogens with one attached hydrogen (secondary N) is 2. The smallest absolute Gasteiger partial charge is 0.257 e. The van der Waals surface area contributed by atoms with Crippen LogP contribution in [0.1, 0.15) is 20.3 Å². The third kappa shape index (κ3) is 4.83. The van der Waals surface area contributed by atoms with Crippen LogP contribution in [0.5, 0.6) is 11.5 Å².